The van der Waals surface area contributed by atoms with Crippen LogP contribution in [-0.4, -0.2) is 0 Å². The molecule has 10 aromatic rings. The van der Waals surface area contributed by atoms with Gasteiger partial charge in [-0.3, -0.25) is 0 Å². The molecular formula is C46H28O. The van der Waals surface area contributed by atoms with E-state index in [4.69, 9.17) is 4.42 Å². The van der Waals surface area contributed by atoms with Crippen LogP contribution in [0.4, 0.5) is 0 Å². The van der Waals surface area contributed by atoms with Gasteiger partial charge >= 0.3 is 0 Å². The zero-order chi connectivity index (χ0) is 30.9. The van der Waals surface area contributed by atoms with Gasteiger partial charge < -0.3 is 4.42 Å². The zero-order valence-electron chi connectivity index (χ0n) is 25.6. The van der Waals surface area contributed by atoms with Crippen molar-refractivity contribution in [3.8, 4) is 33.4 Å². The molecule has 0 radical (unpaired) electrons. The van der Waals surface area contributed by atoms with E-state index in [1.807, 2.05) is 0 Å². The summed E-state index contributed by atoms with van der Waals surface area (Å²) in [4.78, 5) is 0. The van der Waals surface area contributed by atoms with Gasteiger partial charge in [-0.15, -0.1) is 0 Å². The Labute approximate surface area is 271 Å². The largest absolute Gasteiger partial charge is 0.455 e. The lowest BCUT2D eigenvalue weighted by atomic mass is 9.86. The second kappa shape index (κ2) is 10.2. The van der Waals surface area contributed by atoms with Crippen molar-refractivity contribution in [1.82, 2.24) is 0 Å². The predicted molar refractivity (Wildman–Crippen MR) is 200 cm³/mol. The van der Waals surface area contributed by atoms with E-state index in [1.54, 1.807) is 0 Å². The minimum Gasteiger partial charge on any atom is -0.455 e. The predicted octanol–water partition coefficient (Wildman–Crippen LogP) is 13.2. The van der Waals surface area contributed by atoms with Crippen LogP contribution in [0.5, 0.6) is 0 Å². The van der Waals surface area contributed by atoms with Crippen molar-refractivity contribution in [1.29, 1.82) is 0 Å². The van der Waals surface area contributed by atoms with Gasteiger partial charge in [0.1, 0.15) is 11.2 Å². The molecule has 1 heteroatoms. The number of hydrogen-bond donors (Lipinski definition) is 0. The standard InChI is InChI=1S/C46H28O/c1-2-11-29(12-3-1)41-28-33(44-35-17-8-6-15-32(35)27-42-34-16-7-4-13-30(34)21-25-39(42)44)23-24-37(41)38-19-10-20-43-45(38)40-26-22-31-14-5-9-18-36(31)46(40)47-43/h1-28H. The van der Waals surface area contributed by atoms with E-state index in [0.717, 1.165) is 27.3 Å². The molecule has 0 saturated carbocycles. The van der Waals surface area contributed by atoms with Crippen LogP contribution < -0.4 is 0 Å². The molecule has 0 fully saturated rings. The molecule has 0 spiro atoms. The number of benzene rings is 9. The number of hydrogen-bond acceptors (Lipinski definition) is 1. The first-order valence-corrected chi connectivity index (χ1v) is 16.2. The summed E-state index contributed by atoms with van der Waals surface area (Å²) in [5.41, 5.74) is 9.09. The molecule has 1 nitrogen and oxygen atoms in total. The molecule has 0 amide bonds. The molecule has 9 aromatic carbocycles. The van der Waals surface area contributed by atoms with Gasteiger partial charge in [-0.25, -0.2) is 0 Å². The van der Waals surface area contributed by atoms with E-state index < -0.39 is 0 Å². The fourth-order valence-corrected chi connectivity index (χ4v) is 7.70. The number of fused-ring (bicyclic) bond motifs is 9. The molecule has 0 aliphatic heterocycles. The molecule has 218 valence electrons. The van der Waals surface area contributed by atoms with Crippen LogP contribution in [0.1, 0.15) is 0 Å². The van der Waals surface area contributed by atoms with Crippen molar-refractivity contribution in [2.75, 3.05) is 0 Å². The highest BCUT2D eigenvalue weighted by Gasteiger charge is 2.19. The van der Waals surface area contributed by atoms with Crippen molar-refractivity contribution in [2.24, 2.45) is 0 Å². The minimum absolute atomic E-state index is 0.906. The zero-order valence-corrected chi connectivity index (χ0v) is 25.6. The third kappa shape index (κ3) is 3.97. The molecule has 10 rings (SSSR count). The Morgan fingerprint density at radius 1 is 0.319 bits per heavy atom. The quantitative estimate of drug-likeness (QED) is 0.146. The first kappa shape index (κ1) is 26.1. The molecule has 0 aliphatic rings. The maximum absolute atomic E-state index is 6.60. The van der Waals surface area contributed by atoms with Gasteiger partial charge in [-0.2, -0.15) is 0 Å². The van der Waals surface area contributed by atoms with Crippen molar-refractivity contribution >= 4 is 65.0 Å². The molecule has 47 heavy (non-hydrogen) atoms. The lowest BCUT2D eigenvalue weighted by Crippen LogP contribution is -1.91. The maximum atomic E-state index is 6.60. The third-order valence-electron chi connectivity index (χ3n) is 9.84. The van der Waals surface area contributed by atoms with Crippen molar-refractivity contribution < 1.29 is 4.42 Å². The first-order valence-electron chi connectivity index (χ1n) is 16.2. The summed E-state index contributed by atoms with van der Waals surface area (Å²) in [6.45, 7) is 0. The Kier molecular flexibility index (Phi) is 5.64. The minimum atomic E-state index is 0.906. The molecular weight excluding hydrogens is 569 g/mol. The fraction of sp³-hybridized carbons (Fsp3) is 0. The van der Waals surface area contributed by atoms with E-state index >= 15 is 0 Å². The maximum Gasteiger partial charge on any atom is 0.143 e. The Bertz CT molecular complexity index is 2840. The first-order chi connectivity index (χ1) is 23.3. The highest BCUT2D eigenvalue weighted by molar-refractivity contribution is 6.22. The molecule has 1 aromatic heterocycles. The summed E-state index contributed by atoms with van der Waals surface area (Å²) in [7, 11) is 0. The second-order valence-electron chi connectivity index (χ2n) is 12.4. The van der Waals surface area contributed by atoms with Crippen LogP contribution in [0.25, 0.3) is 98.4 Å². The number of rotatable bonds is 3. The van der Waals surface area contributed by atoms with E-state index in [9.17, 15) is 0 Å². The lowest BCUT2D eigenvalue weighted by molar-refractivity contribution is 0.673. The van der Waals surface area contributed by atoms with Crippen molar-refractivity contribution in [3.05, 3.63) is 170 Å². The summed E-state index contributed by atoms with van der Waals surface area (Å²) >= 11 is 0. The average Bonchev–Trinajstić information content (AvgIpc) is 3.54. The monoisotopic (exact) mass is 596 g/mol. The van der Waals surface area contributed by atoms with Crippen molar-refractivity contribution in [3.63, 3.8) is 0 Å². The van der Waals surface area contributed by atoms with E-state index in [0.29, 0.717) is 0 Å². The Morgan fingerprint density at radius 3 is 1.83 bits per heavy atom. The van der Waals surface area contributed by atoms with Crippen LogP contribution in [0.15, 0.2) is 174 Å². The van der Waals surface area contributed by atoms with Crippen LogP contribution in [-0.2, 0) is 0 Å². The molecule has 0 aliphatic carbocycles. The normalized spacial score (nSPS) is 11.8. The van der Waals surface area contributed by atoms with Crippen LogP contribution in [0.3, 0.4) is 0 Å². The topological polar surface area (TPSA) is 13.1 Å². The van der Waals surface area contributed by atoms with Gasteiger partial charge in [0.2, 0.25) is 0 Å². The summed E-state index contributed by atoms with van der Waals surface area (Å²) in [6.07, 6.45) is 0. The molecule has 1 heterocycles. The second-order valence-corrected chi connectivity index (χ2v) is 12.4. The van der Waals surface area contributed by atoms with Gasteiger partial charge in [-0.05, 0) is 95.3 Å². The fourth-order valence-electron chi connectivity index (χ4n) is 7.70. The van der Waals surface area contributed by atoms with E-state index in [-0.39, 0.29) is 0 Å². The van der Waals surface area contributed by atoms with E-state index in [2.05, 4.69) is 170 Å². The van der Waals surface area contributed by atoms with Gasteiger partial charge in [-0.1, -0.05) is 146 Å². The van der Waals surface area contributed by atoms with Gasteiger partial charge in [0.15, 0.2) is 0 Å². The highest BCUT2D eigenvalue weighted by Crippen LogP contribution is 2.45. The Balaban J connectivity index is 1.29. The van der Waals surface area contributed by atoms with Crippen molar-refractivity contribution in [2.45, 2.75) is 0 Å². The molecule has 0 bridgehead atoms. The molecule has 0 N–H and O–H groups in total. The third-order valence-corrected chi connectivity index (χ3v) is 9.84. The van der Waals surface area contributed by atoms with Crippen LogP contribution in [0.2, 0.25) is 0 Å². The van der Waals surface area contributed by atoms with Gasteiger partial charge in [0, 0.05) is 16.2 Å². The summed E-state index contributed by atoms with van der Waals surface area (Å²) in [5, 5.41) is 12.2. The summed E-state index contributed by atoms with van der Waals surface area (Å²) in [5.74, 6) is 0. The van der Waals surface area contributed by atoms with Gasteiger partial charge in [0.25, 0.3) is 0 Å². The Hall–Kier alpha value is -6.18. The van der Waals surface area contributed by atoms with E-state index in [1.165, 1.54) is 71.1 Å². The SMILES string of the molecule is c1ccc(-c2cc(-c3c4ccccc4cc4c3ccc3ccccc34)ccc2-c2cccc3oc4c5ccccc5ccc4c23)cc1. The van der Waals surface area contributed by atoms with Crippen LogP contribution in [0, 0.1) is 0 Å². The Morgan fingerprint density at radius 2 is 1.00 bits per heavy atom. The lowest BCUT2D eigenvalue weighted by Gasteiger charge is -2.17. The average molecular weight is 597 g/mol. The molecule has 0 unspecified atom stereocenters. The van der Waals surface area contributed by atoms with Crippen LogP contribution >= 0.6 is 0 Å². The van der Waals surface area contributed by atoms with Gasteiger partial charge in [0.05, 0.1) is 0 Å². The summed E-state index contributed by atoms with van der Waals surface area (Å²) in [6, 6.07) is 61.6. The summed E-state index contributed by atoms with van der Waals surface area (Å²) < 4.78 is 6.60. The smallest absolute Gasteiger partial charge is 0.143 e. The molecule has 0 atom stereocenters. The molecule has 0 saturated heterocycles. The highest BCUT2D eigenvalue weighted by atomic mass is 16.3. The number of furan rings is 1.